The van der Waals surface area contributed by atoms with Crippen LogP contribution in [0.2, 0.25) is 0 Å². The average molecular weight is 377 g/mol. The number of anilines is 1. The number of nitrogens with one attached hydrogen (secondary N) is 1. The molecule has 1 aromatic rings. The fourth-order valence-electron chi connectivity index (χ4n) is 2.47. The second-order valence-electron chi connectivity index (χ2n) is 6.19. The quantitative estimate of drug-likeness (QED) is 0.311. The maximum Gasteiger partial charge on any atom is 0.354 e. The monoisotopic (exact) mass is 377 g/mol. The first-order valence-electron chi connectivity index (χ1n) is 9.48. The van der Waals surface area contributed by atoms with Crippen molar-refractivity contribution in [2.75, 3.05) is 26.1 Å². The van der Waals surface area contributed by atoms with Crippen LogP contribution in [-0.2, 0) is 19.1 Å². The zero-order valence-electron chi connectivity index (χ0n) is 16.6. The molecule has 1 rings (SSSR count). The molecule has 0 radical (unpaired) electrons. The van der Waals surface area contributed by atoms with Crippen molar-refractivity contribution in [1.82, 2.24) is 0 Å². The summed E-state index contributed by atoms with van der Waals surface area (Å²) in [6, 6.07) is 7.18. The summed E-state index contributed by atoms with van der Waals surface area (Å²) in [4.78, 5) is 23.1. The van der Waals surface area contributed by atoms with Crippen LogP contribution in [0.15, 0.2) is 36.0 Å². The normalized spacial score (nSPS) is 11.0. The van der Waals surface area contributed by atoms with Gasteiger partial charge >= 0.3 is 11.9 Å². The van der Waals surface area contributed by atoms with Crippen LogP contribution >= 0.6 is 0 Å². The molecule has 0 aromatic heterocycles. The summed E-state index contributed by atoms with van der Waals surface area (Å²) in [6.07, 6.45) is 9.76. The maximum absolute atomic E-state index is 11.7. The van der Waals surface area contributed by atoms with E-state index in [2.05, 4.69) is 21.7 Å². The van der Waals surface area contributed by atoms with Gasteiger partial charge in [-0.2, -0.15) is 0 Å². The third-order valence-electron chi connectivity index (χ3n) is 4.02. The van der Waals surface area contributed by atoms with E-state index >= 15 is 0 Å². The molecule has 0 fully saturated rings. The van der Waals surface area contributed by atoms with Gasteiger partial charge in [-0.3, -0.25) is 0 Å². The number of hydrogen-bond donors (Lipinski definition) is 1. The highest BCUT2D eigenvalue weighted by molar-refractivity contribution is 5.98. The first-order valence-corrected chi connectivity index (χ1v) is 9.48. The van der Waals surface area contributed by atoms with Gasteiger partial charge in [-0.15, -0.1) is 0 Å². The van der Waals surface area contributed by atoms with E-state index in [9.17, 15) is 9.59 Å². The Morgan fingerprint density at radius 2 is 1.56 bits per heavy atom. The minimum absolute atomic E-state index is 0.00101. The molecule has 0 heterocycles. The highest BCUT2D eigenvalue weighted by atomic mass is 16.5. The van der Waals surface area contributed by atoms with E-state index < -0.39 is 11.9 Å². The lowest BCUT2D eigenvalue weighted by molar-refractivity contribution is -0.138. The summed E-state index contributed by atoms with van der Waals surface area (Å²) in [7, 11) is 2.49. The van der Waals surface area contributed by atoms with Crippen molar-refractivity contribution in [3.8, 4) is 5.75 Å². The molecule has 150 valence electrons. The van der Waals surface area contributed by atoms with Crippen molar-refractivity contribution < 1.29 is 23.8 Å². The zero-order valence-corrected chi connectivity index (χ0v) is 16.6. The molecule has 27 heavy (non-hydrogen) atoms. The molecule has 0 aliphatic carbocycles. The molecule has 6 nitrogen and oxygen atoms in total. The lowest BCUT2D eigenvalue weighted by Gasteiger charge is -2.10. The first-order chi connectivity index (χ1) is 13.1. The van der Waals surface area contributed by atoms with E-state index in [1.807, 2.05) is 12.1 Å². The Morgan fingerprint density at radius 3 is 2.15 bits per heavy atom. The first kappa shape index (κ1) is 22.5. The number of esters is 2. The molecule has 0 aliphatic rings. The topological polar surface area (TPSA) is 73.9 Å². The number of carbonyl (C=O) groups is 2. The number of carbonyl (C=O) groups excluding carboxylic acids is 2. The molecule has 6 heteroatoms. The minimum atomic E-state index is -0.653. The lowest BCUT2D eigenvalue weighted by atomic mass is 10.1. The second-order valence-corrected chi connectivity index (χ2v) is 6.19. The predicted molar refractivity (Wildman–Crippen MR) is 106 cm³/mol. The molecular weight excluding hydrogens is 346 g/mol. The Hall–Kier alpha value is -2.50. The molecule has 0 spiro atoms. The summed E-state index contributed by atoms with van der Waals surface area (Å²) in [6.45, 7) is 2.91. The van der Waals surface area contributed by atoms with E-state index in [4.69, 9.17) is 4.74 Å². The van der Waals surface area contributed by atoms with Crippen molar-refractivity contribution in [3.05, 3.63) is 36.0 Å². The fourth-order valence-corrected chi connectivity index (χ4v) is 2.47. The molecule has 0 bridgehead atoms. The molecule has 0 unspecified atom stereocenters. The van der Waals surface area contributed by atoms with Crippen LogP contribution in [0.3, 0.4) is 0 Å². The molecule has 0 saturated heterocycles. The molecule has 0 aliphatic heterocycles. The number of benzene rings is 1. The largest absolute Gasteiger partial charge is 0.494 e. The molecule has 0 amide bonds. The third-order valence-corrected chi connectivity index (χ3v) is 4.02. The lowest BCUT2D eigenvalue weighted by Crippen LogP contribution is -2.15. The Kier molecular flexibility index (Phi) is 11.4. The van der Waals surface area contributed by atoms with Gasteiger partial charge < -0.3 is 19.5 Å². The number of methoxy groups -OCH3 is 2. The van der Waals surface area contributed by atoms with Crippen LogP contribution in [0.25, 0.3) is 0 Å². The number of unbranched alkanes of at least 4 members (excludes halogenated alkanes) is 6. The van der Waals surface area contributed by atoms with Crippen molar-refractivity contribution in [2.45, 2.75) is 51.9 Å². The van der Waals surface area contributed by atoms with Crippen LogP contribution in [0, 0.1) is 0 Å². The van der Waals surface area contributed by atoms with E-state index in [1.54, 1.807) is 12.1 Å². The van der Waals surface area contributed by atoms with Crippen LogP contribution in [0.1, 0.15) is 51.9 Å². The number of hydrogen-bond acceptors (Lipinski definition) is 6. The predicted octanol–water partition coefficient (Wildman–Crippen LogP) is 4.46. The summed E-state index contributed by atoms with van der Waals surface area (Å²) in [5.74, 6) is -0.527. The number of rotatable bonds is 13. The molecule has 0 atom stereocenters. The van der Waals surface area contributed by atoms with Gasteiger partial charge in [-0.05, 0) is 30.7 Å². The maximum atomic E-state index is 11.7. The van der Waals surface area contributed by atoms with Gasteiger partial charge in [0.25, 0.3) is 0 Å². The van der Waals surface area contributed by atoms with Gasteiger partial charge in [0.1, 0.15) is 11.4 Å². The van der Waals surface area contributed by atoms with Gasteiger partial charge in [-0.25, -0.2) is 9.59 Å². The summed E-state index contributed by atoms with van der Waals surface area (Å²) >= 11 is 0. The van der Waals surface area contributed by atoms with Crippen LogP contribution < -0.4 is 10.1 Å². The van der Waals surface area contributed by atoms with Crippen LogP contribution in [0.4, 0.5) is 5.69 Å². The Bertz CT molecular complexity index is 595. The van der Waals surface area contributed by atoms with E-state index in [0.717, 1.165) is 18.2 Å². The van der Waals surface area contributed by atoms with Gasteiger partial charge in [0.2, 0.25) is 0 Å². The third kappa shape index (κ3) is 9.68. The Labute approximate surface area is 161 Å². The highest BCUT2D eigenvalue weighted by Gasteiger charge is 2.12. The summed E-state index contributed by atoms with van der Waals surface area (Å²) in [5.41, 5.74) is 0.639. The smallest absolute Gasteiger partial charge is 0.354 e. The van der Waals surface area contributed by atoms with Gasteiger partial charge in [-0.1, -0.05) is 45.4 Å². The SMILES string of the molecule is CCCCCCCCCOc1ccc(N/C(=C/C(=O)OC)C(=O)OC)cc1. The molecule has 1 N–H and O–H groups in total. The molecular formula is C21H31NO5. The van der Waals surface area contributed by atoms with E-state index in [1.165, 1.54) is 52.7 Å². The Balaban J connectivity index is 2.42. The van der Waals surface area contributed by atoms with Gasteiger partial charge in [0.05, 0.1) is 26.9 Å². The number of ether oxygens (including phenoxy) is 3. The van der Waals surface area contributed by atoms with Crippen LogP contribution in [-0.4, -0.2) is 32.8 Å². The van der Waals surface area contributed by atoms with Crippen molar-refractivity contribution in [2.24, 2.45) is 0 Å². The summed E-state index contributed by atoms with van der Waals surface area (Å²) < 4.78 is 14.9. The minimum Gasteiger partial charge on any atom is -0.494 e. The highest BCUT2D eigenvalue weighted by Crippen LogP contribution is 2.18. The summed E-state index contributed by atoms with van der Waals surface area (Å²) in [5, 5.41) is 2.85. The van der Waals surface area contributed by atoms with Gasteiger partial charge in [0.15, 0.2) is 0 Å². The zero-order chi connectivity index (χ0) is 19.9. The molecule has 1 aromatic carbocycles. The van der Waals surface area contributed by atoms with Gasteiger partial charge in [0, 0.05) is 5.69 Å². The van der Waals surface area contributed by atoms with E-state index in [0.29, 0.717) is 12.3 Å². The van der Waals surface area contributed by atoms with Crippen molar-refractivity contribution in [1.29, 1.82) is 0 Å². The standard InChI is InChI=1S/C21H31NO5/c1-4-5-6-7-8-9-10-15-27-18-13-11-17(12-14-18)22-19(21(24)26-3)16-20(23)25-2/h11-14,16,22H,4-10,15H2,1-3H3/b19-16+. The van der Waals surface area contributed by atoms with E-state index in [-0.39, 0.29) is 5.70 Å². The molecule has 0 saturated carbocycles. The van der Waals surface area contributed by atoms with Crippen LogP contribution in [0.5, 0.6) is 5.75 Å². The van der Waals surface area contributed by atoms with Crippen molar-refractivity contribution in [3.63, 3.8) is 0 Å². The Morgan fingerprint density at radius 1 is 0.926 bits per heavy atom. The van der Waals surface area contributed by atoms with Crippen molar-refractivity contribution >= 4 is 17.6 Å². The second kappa shape index (κ2) is 13.7. The fraction of sp³-hybridized carbons (Fsp3) is 0.524. The average Bonchev–Trinajstić information content (AvgIpc) is 2.69.